The van der Waals surface area contributed by atoms with Gasteiger partial charge in [-0.25, -0.2) is 0 Å². The first-order chi connectivity index (χ1) is 10.4. The molecule has 1 amide bonds. The van der Waals surface area contributed by atoms with Gasteiger partial charge in [0.1, 0.15) is 6.10 Å². The van der Waals surface area contributed by atoms with E-state index < -0.39 is 18.0 Å². The van der Waals surface area contributed by atoms with E-state index in [0.29, 0.717) is 18.2 Å². The van der Waals surface area contributed by atoms with Crippen LogP contribution in [0.1, 0.15) is 25.3 Å². The van der Waals surface area contributed by atoms with Crippen molar-refractivity contribution in [2.45, 2.75) is 25.9 Å². The van der Waals surface area contributed by atoms with Crippen LogP contribution >= 0.6 is 11.6 Å². The molecule has 0 bridgehead atoms. The van der Waals surface area contributed by atoms with Gasteiger partial charge in [-0.3, -0.25) is 9.59 Å². The highest BCUT2D eigenvalue weighted by Gasteiger charge is 2.41. The van der Waals surface area contributed by atoms with Crippen LogP contribution in [-0.2, 0) is 14.3 Å². The molecule has 0 spiro atoms. The molecule has 1 aromatic rings. The van der Waals surface area contributed by atoms with Crippen molar-refractivity contribution in [3.8, 4) is 0 Å². The Balaban J connectivity index is 2.18. The van der Waals surface area contributed by atoms with Gasteiger partial charge in [-0.1, -0.05) is 23.7 Å². The molecule has 0 radical (unpaired) electrons. The van der Waals surface area contributed by atoms with Gasteiger partial charge in [-0.15, -0.1) is 0 Å². The Kier molecular flexibility index (Phi) is 5.42. The third kappa shape index (κ3) is 3.59. The first-order valence-electron chi connectivity index (χ1n) is 7.32. The summed E-state index contributed by atoms with van der Waals surface area (Å²) in [5.74, 6) is -1.89. The lowest BCUT2D eigenvalue weighted by molar-refractivity contribution is -0.143. The van der Waals surface area contributed by atoms with Crippen molar-refractivity contribution in [2.24, 2.45) is 5.92 Å². The number of hydrogen-bond donors (Lipinski definition) is 1. The second-order valence-corrected chi connectivity index (χ2v) is 5.88. The number of hydrogen-bond acceptors (Lipinski definition) is 3. The number of nitrogens with zero attached hydrogens (tertiary/aromatic N) is 1. The zero-order valence-electron chi connectivity index (χ0n) is 12.7. The number of carbonyl (C=O) groups is 2. The van der Waals surface area contributed by atoms with Crippen molar-refractivity contribution >= 4 is 23.5 Å². The lowest BCUT2D eigenvalue weighted by atomic mass is 9.89. The number of likely N-dealkylation sites (tertiary alicyclic amines) is 1. The number of aliphatic carboxylic acids is 1. The van der Waals surface area contributed by atoms with Gasteiger partial charge in [-0.05, 0) is 31.5 Å². The van der Waals surface area contributed by atoms with Crippen LogP contribution < -0.4 is 0 Å². The Morgan fingerprint density at radius 3 is 2.55 bits per heavy atom. The van der Waals surface area contributed by atoms with Gasteiger partial charge >= 0.3 is 5.97 Å². The van der Waals surface area contributed by atoms with Crippen LogP contribution in [-0.4, -0.2) is 47.7 Å². The number of carboxylic acids is 1. The third-order valence-electron chi connectivity index (χ3n) is 4.01. The van der Waals surface area contributed by atoms with E-state index in [2.05, 4.69) is 0 Å². The second kappa shape index (κ2) is 7.11. The lowest BCUT2D eigenvalue weighted by Crippen LogP contribution is -2.38. The summed E-state index contributed by atoms with van der Waals surface area (Å²) >= 11 is 5.88. The highest BCUT2D eigenvalue weighted by atomic mass is 35.5. The first-order valence-corrected chi connectivity index (χ1v) is 7.70. The largest absolute Gasteiger partial charge is 0.481 e. The van der Waals surface area contributed by atoms with Crippen LogP contribution in [0.4, 0.5) is 0 Å². The summed E-state index contributed by atoms with van der Waals surface area (Å²) in [6, 6.07) is 7.12. The fourth-order valence-electron chi connectivity index (χ4n) is 2.86. The molecule has 1 fully saturated rings. The molecule has 1 aliphatic rings. The predicted octanol–water partition coefficient (Wildman–Crippen LogP) is 2.39. The number of amides is 1. The highest BCUT2D eigenvalue weighted by Crippen LogP contribution is 2.34. The summed E-state index contributed by atoms with van der Waals surface area (Å²) in [6.07, 6.45) is -0.552. The van der Waals surface area contributed by atoms with Gasteiger partial charge in [-0.2, -0.15) is 0 Å². The molecule has 1 aromatic carbocycles. The Morgan fingerprint density at radius 1 is 1.36 bits per heavy atom. The quantitative estimate of drug-likeness (QED) is 0.902. The van der Waals surface area contributed by atoms with Crippen molar-refractivity contribution in [2.75, 3.05) is 19.7 Å². The van der Waals surface area contributed by atoms with E-state index in [9.17, 15) is 14.7 Å². The van der Waals surface area contributed by atoms with E-state index in [4.69, 9.17) is 16.3 Å². The van der Waals surface area contributed by atoms with Crippen LogP contribution in [0.2, 0.25) is 5.02 Å². The van der Waals surface area contributed by atoms with Crippen molar-refractivity contribution in [3.05, 3.63) is 34.9 Å². The SMILES string of the molecule is CCOC(C)C(=O)N1C[C@@H](C(=O)O)[C@H](c2ccc(Cl)cc2)C1. The summed E-state index contributed by atoms with van der Waals surface area (Å²) in [6.45, 7) is 4.55. The zero-order valence-corrected chi connectivity index (χ0v) is 13.4. The van der Waals surface area contributed by atoms with Crippen LogP contribution in [0.5, 0.6) is 0 Å². The monoisotopic (exact) mass is 325 g/mol. The molecule has 0 aliphatic carbocycles. The average Bonchev–Trinajstić information content (AvgIpc) is 2.93. The molecule has 1 heterocycles. The number of rotatable bonds is 5. The minimum Gasteiger partial charge on any atom is -0.481 e. The molecule has 1 unspecified atom stereocenters. The average molecular weight is 326 g/mol. The number of halogens is 1. The molecule has 3 atom stereocenters. The highest BCUT2D eigenvalue weighted by molar-refractivity contribution is 6.30. The molecule has 6 heteroatoms. The van der Waals surface area contributed by atoms with E-state index in [1.54, 1.807) is 24.0 Å². The van der Waals surface area contributed by atoms with Gasteiger partial charge in [0.05, 0.1) is 5.92 Å². The predicted molar refractivity (Wildman–Crippen MR) is 83.0 cm³/mol. The summed E-state index contributed by atoms with van der Waals surface area (Å²) in [4.78, 5) is 25.4. The molecule has 1 aliphatic heterocycles. The molecule has 1 saturated heterocycles. The van der Waals surface area contributed by atoms with Gasteiger partial charge in [0.15, 0.2) is 0 Å². The van der Waals surface area contributed by atoms with Crippen molar-refractivity contribution in [1.82, 2.24) is 4.90 Å². The normalized spacial score (nSPS) is 22.6. The van der Waals surface area contributed by atoms with E-state index in [-0.39, 0.29) is 18.4 Å². The molecule has 0 aromatic heterocycles. The van der Waals surface area contributed by atoms with Crippen LogP contribution in [0.15, 0.2) is 24.3 Å². The smallest absolute Gasteiger partial charge is 0.308 e. The van der Waals surface area contributed by atoms with E-state index >= 15 is 0 Å². The van der Waals surface area contributed by atoms with E-state index in [1.807, 2.05) is 19.1 Å². The minimum absolute atomic E-state index is 0.162. The Labute approximate surface area is 134 Å². The topological polar surface area (TPSA) is 66.8 Å². The van der Waals surface area contributed by atoms with Crippen LogP contribution in [0.25, 0.3) is 0 Å². The molecule has 2 rings (SSSR count). The van der Waals surface area contributed by atoms with Crippen molar-refractivity contribution in [1.29, 1.82) is 0 Å². The molecule has 22 heavy (non-hydrogen) atoms. The van der Waals surface area contributed by atoms with E-state index in [1.165, 1.54) is 0 Å². The molecule has 1 N–H and O–H groups in total. The summed E-state index contributed by atoms with van der Waals surface area (Å²) in [5, 5.41) is 10.0. The first kappa shape index (κ1) is 16.8. The fraction of sp³-hybridized carbons (Fsp3) is 0.500. The maximum absolute atomic E-state index is 12.3. The fourth-order valence-corrected chi connectivity index (χ4v) is 2.99. The molecular formula is C16H20ClNO4. The Bertz CT molecular complexity index is 546. The minimum atomic E-state index is -0.890. The van der Waals surface area contributed by atoms with Crippen LogP contribution in [0, 0.1) is 5.92 Å². The maximum Gasteiger partial charge on any atom is 0.308 e. The second-order valence-electron chi connectivity index (χ2n) is 5.44. The third-order valence-corrected chi connectivity index (χ3v) is 4.26. The molecule has 0 saturated carbocycles. The summed E-state index contributed by atoms with van der Waals surface area (Å²) < 4.78 is 5.31. The van der Waals surface area contributed by atoms with Crippen molar-refractivity contribution in [3.63, 3.8) is 0 Å². The number of benzene rings is 1. The molecular weight excluding hydrogens is 306 g/mol. The van der Waals surface area contributed by atoms with E-state index in [0.717, 1.165) is 5.56 Å². The number of carbonyl (C=O) groups excluding carboxylic acids is 1. The molecule has 5 nitrogen and oxygen atoms in total. The number of ether oxygens (including phenoxy) is 1. The Morgan fingerprint density at radius 2 is 2.00 bits per heavy atom. The molecule has 120 valence electrons. The summed E-state index contributed by atoms with van der Waals surface area (Å²) in [5.41, 5.74) is 0.885. The van der Waals surface area contributed by atoms with Gasteiger partial charge in [0.2, 0.25) is 0 Å². The zero-order chi connectivity index (χ0) is 16.3. The van der Waals surface area contributed by atoms with Gasteiger partial charge in [0.25, 0.3) is 5.91 Å². The van der Waals surface area contributed by atoms with Gasteiger partial charge in [0, 0.05) is 30.6 Å². The Hall–Kier alpha value is -1.59. The summed E-state index contributed by atoms with van der Waals surface area (Å²) in [7, 11) is 0. The maximum atomic E-state index is 12.3. The lowest BCUT2D eigenvalue weighted by Gasteiger charge is -2.20. The van der Waals surface area contributed by atoms with Gasteiger partial charge < -0.3 is 14.7 Å². The standard InChI is InChI=1S/C16H20ClNO4/c1-3-22-10(2)15(19)18-8-13(14(9-18)16(20)21)11-4-6-12(17)7-5-11/h4-7,10,13-14H,3,8-9H2,1-2H3,(H,20,21)/t10?,13-,14+/m0/s1. The van der Waals surface area contributed by atoms with Crippen molar-refractivity contribution < 1.29 is 19.4 Å². The number of carboxylic acid groups (broad SMARTS) is 1. The van der Waals surface area contributed by atoms with Crippen LogP contribution in [0.3, 0.4) is 0 Å².